The van der Waals surface area contributed by atoms with E-state index in [1.165, 1.54) is 0 Å². The molecule has 0 saturated carbocycles. The number of hydrogen-bond donors (Lipinski definition) is 0. The zero-order valence-electron chi connectivity index (χ0n) is 9.05. The fourth-order valence-corrected chi connectivity index (χ4v) is 1.51. The van der Waals surface area contributed by atoms with Crippen molar-refractivity contribution in [2.75, 3.05) is 32.7 Å². The lowest BCUT2D eigenvalue weighted by Crippen LogP contribution is -2.47. The first-order valence-electron chi connectivity index (χ1n) is 5.17. The van der Waals surface area contributed by atoms with Gasteiger partial charge in [-0.3, -0.25) is 9.69 Å². The molecule has 3 heteroatoms. The van der Waals surface area contributed by atoms with Gasteiger partial charge in [0.25, 0.3) is 0 Å². The summed E-state index contributed by atoms with van der Waals surface area (Å²) in [6.45, 7) is 8.15. The minimum atomic E-state index is 0.185. The molecule has 1 fully saturated rings. The van der Waals surface area contributed by atoms with Crippen LogP contribution >= 0.6 is 0 Å². The molecule has 1 heterocycles. The second-order valence-electron chi connectivity index (χ2n) is 3.49. The van der Waals surface area contributed by atoms with E-state index in [0.717, 1.165) is 39.1 Å². The lowest BCUT2D eigenvalue weighted by molar-refractivity contribution is -0.130. The van der Waals surface area contributed by atoms with E-state index in [9.17, 15) is 4.79 Å². The number of carbonyl (C=O) groups is 1. The summed E-state index contributed by atoms with van der Waals surface area (Å²) in [7, 11) is 0. The van der Waals surface area contributed by atoms with E-state index in [2.05, 4.69) is 23.7 Å². The van der Waals surface area contributed by atoms with Crippen LogP contribution in [0.2, 0.25) is 0 Å². The maximum Gasteiger partial charge on any atom is 0.219 e. The summed E-state index contributed by atoms with van der Waals surface area (Å²) < 4.78 is 0. The van der Waals surface area contributed by atoms with Gasteiger partial charge in [-0.1, -0.05) is 12.8 Å². The van der Waals surface area contributed by atoms with E-state index in [1.807, 2.05) is 4.90 Å². The van der Waals surface area contributed by atoms with Crippen LogP contribution in [-0.4, -0.2) is 48.4 Å². The van der Waals surface area contributed by atoms with Gasteiger partial charge in [-0.25, -0.2) is 0 Å². The number of piperazine rings is 1. The summed E-state index contributed by atoms with van der Waals surface area (Å²) >= 11 is 0. The topological polar surface area (TPSA) is 23.6 Å². The van der Waals surface area contributed by atoms with Gasteiger partial charge < -0.3 is 4.90 Å². The average Bonchev–Trinajstić information content (AvgIpc) is 2.19. The van der Waals surface area contributed by atoms with E-state index in [0.29, 0.717) is 0 Å². The van der Waals surface area contributed by atoms with Crippen LogP contribution in [0, 0.1) is 11.8 Å². The molecule has 1 saturated heterocycles. The van der Waals surface area contributed by atoms with Crippen LogP contribution in [0.3, 0.4) is 0 Å². The molecule has 1 amide bonds. The molecule has 0 atom stereocenters. The minimum Gasteiger partial charge on any atom is -0.340 e. The van der Waals surface area contributed by atoms with Gasteiger partial charge in [0.15, 0.2) is 0 Å². The zero-order chi connectivity index (χ0) is 10.4. The quantitative estimate of drug-likeness (QED) is 0.570. The molecule has 1 aliphatic rings. The third-order valence-electron chi connectivity index (χ3n) is 2.42. The summed E-state index contributed by atoms with van der Waals surface area (Å²) in [5, 5.41) is 0. The Morgan fingerprint density at radius 1 is 1.21 bits per heavy atom. The van der Waals surface area contributed by atoms with E-state index in [1.54, 1.807) is 6.92 Å². The fraction of sp³-hybridized carbons (Fsp3) is 0.727. The van der Waals surface area contributed by atoms with Crippen LogP contribution in [0.15, 0.2) is 0 Å². The van der Waals surface area contributed by atoms with Crippen molar-refractivity contribution in [2.24, 2.45) is 0 Å². The molecule has 0 aliphatic carbocycles. The summed E-state index contributed by atoms with van der Waals surface area (Å²) in [5.41, 5.74) is 0. The van der Waals surface area contributed by atoms with Gasteiger partial charge in [0.1, 0.15) is 0 Å². The Balaban J connectivity index is 2.25. The first-order chi connectivity index (χ1) is 6.74. The van der Waals surface area contributed by atoms with E-state index >= 15 is 0 Å². The van der Waals surface area contributed by atoms with Crippen molar-refractivity contribution in [3.63, 3.8) is 0 Å². The van der Waals surface area contributed by atoms with Crippen molar-refractivity contribution in [3.8, 4) is 11.8 Å². The Hall–Kier alpha value is -1.01. The predicted molar refractivity (Wildman–Crippen MR) is 56.8 cm³/mol. The number of carbonyl (C=O) groups excluding carboxylic acids is 1. The fourth-order valence-electron chi connectivity index (χ4n) is 1.51. The highest BCUT2D eigenvalue weighted by atomic mass is 16.2. The Morgan fingerprint density at radius 3 is 2.36 bits per heavy atom. The van der Waals surface area contributed by atoms with Crippen LogP contribution in [0.5, 0.6) is 0 Å². The van der Waals surface area contributed by atoms with Crippen molar-refractivity contribution < 1.29 is 4.79 Å². The molecule has 0 bridgehead atoms. The van der Waals surface area contributed by atoms with Crippen molar-refractivity contribution >= 4 is 5.91 Å². The van der Waals surface area contributed by atoms with Crippen molar-refractivity contribution in [3.05, 3.63) is 0 Å². The maximum absolute atomic E-state index is 11.0. The highest BCUT2D eigenvalue weighted by Crippen LogP contribution is 2.00. The molecule has 1 rings (SSSR count). The molecule has 0 spiro atoms. The van der Waals surface area contributed by atoms with Gasteiger partial charge in [-0.15, -0.1) is 5.92 Å². The van der Waals surface area contributed by atoms with Gasteiger partial charge in [-0.2, -0.15) is 0 Å². The average molecular weight is 194 g/mol. The van der Waals surface area contributed by atoms with Crippen LogP contribution < -0.4 is 0 Å². The minimum absolute atomic E-state index is 0.185. The predicted octanol–water partition coefficient (Wildman–Crippen LogP) is 0.564. The lowest BCUT2D eigenvalue weighted by Gasteiger charge is -2.32. The van der Waals surface area contributed by atoms with Crippen LogP contribution in [0.4, 0.5) is 0 Å². The van der Waals surface area contributed by atoms with Crippen LogP contribution in [-0.2, 0) is 4.79 Å². The molecule has 3 nitrogen and oxygen atoms in total. The number of nitrogens with zero attached hydrogens (tertiary/aromatic N) is 2. The molecule has 0 N–H and O–H groups in total. The third kappa shape index (κ3) is 3.39. The molecule has 78 valence electrons. The molecule has 0 aromatic heterocycles. The first kappa shape index (κ1) is 11.1. The largest absolute Gasteiger partial charge is 0.340 e. The first-order valence-corrected chi connectivity index (χ1v) is 5.17. The van der Waals surface area contributed by atoms with E-state index in [4.69, 9.17) is 0 Å². The summed E-state index contributed by atoms with van der Waals surface area (Å²) in [4.78, 5) is 15.2. The number of hydrogen-bond acceptors (Lipinski definition) is 2. The normalized spacial score (nSPS) is 17.4. The molecule has 0 aromatic rings. The number of amides is 1. The Labute approximate surface area is 86.1 Å². The highest BCUT2D eigenvalue weighted by molar-refractivity contribution is 5.73. The standard InChI is InChI=1S/C11H18N2O/c1-3-4-5-6-12-7-9-13(10-8-12)11(2)14/h3,6-10H2,1-2H3. The third-order valence-corrected chi connectivity index (χ3v) is 2.42. The van der Waals surface area contributed by atoms with Crippen LogP contribution in [0.1, 0.15) is 20.3 Å². The van der Waals surface area contributed by atoms with E-state index < -0.39 is 0 Å². The molecule has 0 unspecified atom stereocenters. The Kier molecular flexibility index (Phi) is 4.48. The molecular formula is C11H18N2O. The Morgan fingerprint density at radius 2 is 1.86 bits per heavy atom. The summed E-state index contributed by atoms with van der Waals surface area (Å²) in [5.74, 6) is 6.36. The second-order valence-corrected chi connectivity index (χ2v) is 3.49. The molecule has 0 aromatic carbocycles. The molecule has 1 aliphatic heterocycles. The molecule has 0 radical (unpaired) electrons. The van der Waals surface area contributed by atoms with Crippen molar-refractivity contribution in [1.82, 2.24) is 9.80 Å². The highest BCUT2D eigenvalue weighted by Gasteiger charge is 2.17. The van der Waals surface area contributed by atoms with Gasteiger partial charge in [0, 0.05) is 39.5 Å². The summed E-state index contributed by atoms with van der Waals surface area (Å²) in [6.07, 6.45) is 0.924. The Bertz CT molecular complexity index is 244. The monoisotopic (exact) mass is 194 g/mol. The van der Waals surface area contributed by atoms with Gasteiger partial charge in [0.05, 0.1) is 6.54 Å². The van der Waals surface area contributed by atoms with Crippen LogP contribution in [0.25, 0.3) is 0 Å². The second kappa shape index (κ2) is 5.66. The van der Waals surface area contributed by atoms with E-state index in [-0.39, 0.29) is 5.91 Å². The summed E-state index contributed by atoms with van der Waals surface area (Å²) in [6, 6.07) is 0. The number of rotatable bonds is 1. The zero-order valence-corrected chi connectivity index (χ0v) is 9.05. The van der Waals surface area contributed by atoms with Crippen molar-refractivity contribution in [2.45, 2.75) is 20.3 Å². The maximum atomic E-state index is 11.0. The van der Waals surface area contributed by atoms with Gasteiger partial charge >= 0.3 is 0 Å². The molecular weight excluding hydrogens is 176 g/mol. The molecule has 14 heavy (non-hydrogen) atoms. The van der Waals surface area contributed by atoms with Gasteiger partial charge in [0.2, 0.25) is 5.91 Å². The SMILES string of the molecule is CCC#CCN1CCN(C(C)=O)CC1. The lowest BCUT2D eigenvalue weighted by atomic mass is 10.3. The van der Waals surface area contributed by atoms with Gasteiger partial charge in [-0.05, 0) is 0 Å². The van der Waals surface area contributed by atoms with Crippen molar-refractivity contribution in [1.29, 1.82) is 0 Å². The smallest absolute Gasteiger partial charge is 0.219 e.